The summed E-state index contributed by atoms with van der Waals surface area (Å²) in [6.45, 7) is 1.47. The van der Waals surface area contributed by atoms with Crippen LogP contribution in [0.1, 0.15) is 12.5 Å². The SMILES string of the molecule is C[C@H](OC(=O)/C=C/c1ccc(F)c(Cl)c1)C(=O)Nc1ccccc1. The van der Waals surface area contributed by atoms with E-state index in [1.165, 1.54) is 31.2 Å². The van der Waals surface area contributed by atoms with E-state index in [-0.39, 0.29) is 5.02 Å². The smallest absolute Gasteiger partial charge is 0.331 e. The molecule has 0 fully saturated rings. The summed E-state index contributed by atoms with van der Waals surface area (Å²) in [5, 5.41) is 2.59. The normalized spacial score (nSPS) is 12.0. The molecule has 1 amide bonds. The van der Waals surface area contributed by atoms with Gasteiger partial charge in [-0.25, -0.2) is 9.18 Å². The maximum absolute atomic E-state index is 13.0. The van der Waals surface area contributed by atoms with Gasteiger partial charge in [0.2, 0.25) is 0 Å². The summed E-state index contributed by atoms with van der Waals surface area (Å²) in [4.78, 5) is 23.7. The van der Waals surface area contributed by atoms with Gasteiger partial charge in [0.05, 0.1) is 5.02 Å². The van der Waals surface area contributed by atoms with Gasteiger partial charge in [0.15, 0.2) is 6.10 Å². The fraction of sp³-hybridized carbons (Fsp3) is 0.111. The van der Waals surface area contributed by atoms with Gasteiger partial charge < -0.3 is 10.1 Å². The van der Waals surface area contributed by atoms with E-state index >= 15 is 0 Å². The van der Waals surface area contributed by atoms with Gasteiger partial charge in [-0.05, 0) is 42.8 Å². The summed E-state index contributed by atoms with van der Waals surface area (Å²) in [5.74, 6) is -1.67. The molecule has 0 aliphatic rings. The largest absolute Gasteiger partial charge is 0.449 e. The molecule has 0 saturated carbocycles. The highest BCUT2D eigenvalue weighted by atomic mass is 35.5. The summed E-state index contributed by atoms with van der Waals surface area (Å²) in [6.07, 6.45) is 1.62. The van der Waals surface area contributed by atoms with Gasteiger partial charge in [-0.15, -0.1) is 0 Å². The molecule has 0 bridgehead atoms. The summed E-state index contributed by atoms with van der Waals surface area (Å²) in [5.41, 5.74) is 1.15. The van der Waals surface area contributed by atoms with Crippen LogP contribution in [0.4, 0.5) is 10.1 Å². The van der Waals surface area contributed by atoms with Crippen molar-refractivity contribution >= 4 is 35.2 Å². The van der Waals surface area contributed by atoms with Crippen LogP contribution in [0.25, 0.3) is 6.08 Å². The van der Waals surface area contributed by atoms with Gasteiger partial charge in [0, 0.05) is 11.8 Å². The second kappa shape index (κ2) is 8.26. The minimum atomic E-state index is -0.959. The van der Waals surface area contributed by atoms with Crippen LogP contribution in [-0.2, 0) is 14.3 Å². The highest BCUT2D eigenvalue weighted by Gasteiger charge is 2.16. The first kappa shape index (κ1) is 17.7. The van der Waals surface area contributed by atoms with E-state index in [1.807, 2.05) is 6.07 Å². The second-order valence-electron chi connectivity index (χ2n) is 4.94. The molecule has 1 atom stereocenters. The molecule has 0 aliphatic heterocycles. The molecule has 4 nitrogen and oxygen atoms in total. The van der Waals surface area contributed by atoms with E-state index < -0.39 is 23.8 Å². The maximum atomic E-state index is 13.0. The number of carbonyl (C=O) groups is 2. The molecule has 2 aromatic rings. The highest BCUT2D eigenvalue weighted by Crippen LogP contribution is 2.17. The topological polar surface area (TPSA) is 55.4 Å². The molecule has 0 saturated heterocycles. The van der Waals surface area contributed by atoms with Crippen molar-refractivity contribution in [1.82, 2.24) is 0 Å². The Morgan fingerprint density at radius 3 is 2.58 bits per heavy atom. The van der Waals surface area contributed by atoms with Crippen LogP contribution in [0.3, 0.4) is 0 Å². The third-order valence-corrected chi connectivity index (χ3v) is 3.35. The van der Waals surface area contributed by atoms with Gasteiger partial charge in [-0.1, -0.05) is 35.9 Å². The quantitative estimate of drug-likeness (QED) is 0.655. The lowest BCUT2D eigenvalue weighted by Crippen LogP contribution is -2.29. The standard InChI is InChI=1S/C18H15ClFNO3/c1-12(18(23)21-14-5-3-2-4-6-14)24-17(22)10-8-13-7-9-16(20)15(19)11-13/h2-12H,1H3,(H,21,23)/b10-8+/t12-/m0/s1. The Hall–Kier alpha value is -2.66. The van der Waals surface area contributed by atoms with Crippen LogP contribution in [0.2, 0.25) is 5.02 Å². The monoisotopic (exact) mass is 347 g/mol. The highest BCUT2D eigenvalue weighted by molar-refractivity contribution is 6.30. The van der Waals surface area contributed by atoms with Crippen molar-refractivity contribution in [3.8, 4) is 0 Å². The lowest BCUT2D eigenvalue weighted by Gasteiger charge is -2.12. The molecule has 0 unspecified atom stereocenters. The van der Waals surface area contributed by atoms with Crippen LogP contribution >= 0.6 is 11.6 Å². The zero-order valence-corrected chi connectivity index (χ0v) is 13.6. The molecule has 2 aromatic carbocycles. The zero-order valence-electron chi connectivity index (χ0n) is 12.8. The zero-order chi connectivity index (χ0) is 17.5. The minimum absolute atomic E-state index is 0.0406. The third-order valence-electron chi connectivity index (χ3n) is 3.06. The van der Waals surface area contributed by atoms with Crippen LogP contribution < -0.4 is 5.32 Å². The molecule has 0 spiro atoms. The Morgan fingerprint density at radius 2 is 1.92 bits per heavy atom. The Bertz CT molecular complexity index is 762. The number of ether oxygens (including phenoxy) is 1. The van der Waals surface area contributed by atoms with Crippen molar-refractivity contribution in [2.24, 2.45) is 0 Å². The average molecular weight is 348 g/mol. The van der Waals surface area contributed by atoms with E-state index in [0.717, 1.165) is 6.08 Å². The van der Waals surface area contributed by atoms with Crippen molar-refractivity contribution < 1.29 is 18.7 Å². The molecule has 0 aromatic heterocycles. The van der Waals surface area contributed by atoms with Gasteiger partial charge in [-0.3, -0.25) is 4.79 Å². The van der Waals surface area contributed by atoms with Crippen molar-refractivity contribution in [2.45, 2.75) is 13.0 Å². The van der Waals surface area contributed by atoms with E-state index in [9.17, 15) is 14.0 Å². The predicted octanol–water partition coefficient (Wildman–Crippen LogP) is 4.06. The third kappa shape index (κ3) is 5.21. The number of amides is 1. The predicted molar refractivity (Wildman–Crippen MR) is 91.1 cm³/mol. The lowest BCUT2D eigenvalue weighted by molar-refractivity contribution is -0.148. The molecule has 2 rings (SSSR count). The fourth-order valence-electron chi connectivity index (χ4n) is 1.81. The molecule has 0 radical (unpaired) electrons. The first-order valence-corrected chi connectivity index (χ1v) is 7.53. The van der Waals surface area contributed by atoms with Crippen LogP contribution in [-0.4, -0.2) is 18.0 Å². The van der Waals surface area contributed by atoms with Gasteiger partial charge in [0.1, 0.15) is 5.82 Å². The molecule has 124 valence electrons. The van der Waals surface area contributed by atoms with Crippen LogP contribution in [0.5, 0.6) is 0 Å². The van der Waals surface area contributed by atoms with Gasteiger partial charge in [0.25, 0.3) is 5.91 Å². The first-order chi connectivity index (χ1) is 11.5. The average Bonchev–Trinajstić information content (AvgIpc) is 2.56. The van der Waals surface area contributed by atoms with E-state index in [1.54, 1.807) is 24.3 Å². The number of esters is 1. The molecule has 0 heterocycles. The molecular formula is C18H15ClFNO3. The minimum Gasteiger partial charge on any atom is -0.449 e. The second-order valence-corrected chi connectivity index (χ2v) is 5.35. The maximum Gasteiger partial charge on any atom is 0.331 e. The summed E-state index contributed by atoms with van der Waals surface area (Å²) in [7, 11) is 0. The number of para-hydroxylation sites is 1. The molecule has 0 aliphatic carbocycles. The first-order valence-electron chi connectivity index (χ1n) is 7.15. The van der Waals surface area contributed by atoms with Crippen LogP contribution in [0.15, 0.2) is 54.6 Å². The Morgan fingerprint density at radius 1 is 1.21 bits per heavy atom. The van der Waals surface area contributed by atoms with E-state index in [4.69, 9.17) is 16.3 Å². The van der Waals surface area contributed by atoms with E-state index in [0.29, 0.717) is 11.3 Å². The Labute approximate surface area is 143 Å². The number of nitrogens with one attached hydrogen (secondary N) is 1. The van der Waals surface area contributed by atoms with Crippen LogP contribution in [0, 0.1) is 5.82 Å². The Kier molecular flexibility index (Phi) is 6.09. The number of benzene rings is 2. The lowest BCUT2D eigenvalue weighted by atomic mass is 10.2. The number of hydrogen-bond acceptors (Lipinski definition) is 3. The van der Waals surface area contributed by atoms with Crippen molar-refractivity contribution in [2.75, 3.05) is 5.32 Å². The number of halogens is 2. The fourth-order valence-corrected chi connectivity index (χ4v) is 2.00. The molecular weight excluding hydrogens is 333 g/mol. The number of hydrogen-bond donors (Lipinski definition) is 1. The Balaban J connectivity index is 1.89. The number of carbonyl (C=O) groups excluding carboxylic acids is 2. The molecule has 24 heavy (non-hydrogen) atoms. The van der Waals surface area contributed by atoms with Gasteiger partial charge >= 0.3 is 5.97 Å². The van der Waals surface area contributed by atoms with Crippen molar-refractivity contribution in [3.63, 3.8) is 0 Å². The summed E-state index contributed by atoms with van der Waals surface area (Å²) in [6, 6.07) is 12.9. The molecule has 1 N–H and O–H groups in total. The van der Waals surface area contributed by atoms with Crippen molar-refractivity contribution in [1.29, 1.82) is 0 Å². The number of rotatable bonds is 5. The van der Waals surface area contributed by atoms with Crippen molar-refractivity contribution in [3.05, 3.63) is 71.0 Å². The van der Waals surface area contributed by atoms with E-state index in [2.05, 4.69) is 5.32 Å². The summed E-state index contributed by atoms with van der Waals surface area (Å²) < 4.78 is 18.1. The molecule has 6 heteroatoms. The number of anilines is 1. The van der Waals surface area contributed by atoms with Gasteiger partial charge in [-0.2, -0.15) is 0 Å². The summed E-state index contributed by atoms with van der Waals surface area (Å²) >= 11 is 5.65.